The van der Waals surface area contributed by atoms with E-state index in [2.05, 4.69) is 27.9 Å². The lowest BCUT2D eigenvalue weighted by Crippen LogP contribution is -2.30. The van der Waals surface area contributed by atoms with Crippen LogP contribution in [0.4, 0.5) is 0 Å². The molecule has 0 bridgehead atoms. The van der Waals surface area contributed by atoms with Gasteiger partial charge in [0.15, 0.2) is 0 Å². The van der Waals surface area contributed by atoms with Crippen LogP contribution >= 0.6 is 46.6 Å². The van der Waals surface area contributed by atoms with Crippen molar-refractivity contribution < 1.29 is 4.79 Å². The summed E-state index contributed by atoms with van der Waals surface area (Å²) in [6.07, 6.45) is 1.07. The van der Waals surface area contributed by atoms with Crippen LogP contribution in [0, 0.1) is 9.49 Å². The molecule has 1 aromatic rings. The summed E-state index contributed by atoms with van der Waals surface area (Å²) in [5.74, 6) is 0.658. The number of hydrogen-bond acceptors (Lipinski definition) is 2. The number of hydrogen-bond donors (Lipinski definition) is 1. The molecule has 1 unspecified atom stereocenters. The van der Waals surface area contributed by atoms with E-state index in [1.54, 1.807) is 6.07 Å². The Morgan fingerprint density at radius 3 is 2.95 bits per heavy atom. The van der Waals surface area contributed by atoms with Crippen LogP contribution in [0.3, 0.4) is 0 Å². The summed E-state index contributed by atoms with van der Waals surface area (Å²) in [5.41, 5.74) is 0.686. The first-order valence-corrected chi connectivity index (χ1v) is 7.46. The molecule has 3 nitrogen and oxygen atoms in total. The Hall–Kier alpha value is -0.0400. The maximum Gasteiger partial charge on any atom is 0.253 e. The van der Waals surface area contributed by atoms with E-state index in [1.807, 2.05) is 24.1 Å². The summed E-state index contributed by atoms with van der Waals surface area (Å²) in [7, 11) is 1.95. The summed E-state index contributed by atoms with van der Waals surface area (Å²) in [6, 6.07) is 5.50. The molecule has 1 N–H and O–H groups in total. The molecule has 0 aliphatic carbocycles. The van der Waals surface area contributed by atoms with Crippen molar-refractivity contribution in [2.45, 2.75) is 6.42 Å². The van der Waals surface area contributed by atoms with Crippen LogP contribution in [-0.2, 0) is 0 Å². The topological polar surface area (TPSA) is 32.3 Å². The Bertz CT molecular complexity index is 456. The molecular formula is C13H17Cl2IN2O. The van der Waals surface area contributed by atoms with E-state index in [0.717, 1.165) is 29.6 Å². The predicted molar refractivity (Wildman–Crippen MR) is 89.4 cm³/mol. The van der Waals surface area contributed by atoms with Crippen LogP contribution in [0.2, 0.25) is 5.02 Å². The van der Waals surface area contributed by atoms with Gasteiger partial charge in [0.2, 0.25) is 0 Å². The first-order chi connectivity index (χ1) is 8.61. The summed E-state index contributed by atoms with van der Waals surface area (Å²) < 4.78 is 0.972. The molecule has 1 aromatic carbocycles. The largest absolute Gasteiger partial charge is 0.338 e. The van der Waals surface area contributed by atoms with E-state index in [9.17, 15) is 4.79 Å². The molecule has 1 fully saturated rings. The zero-order valence-electron chi connectivity index (χ0n) is 10.7. The van der Waals surface area contributed by atoms with Crippen molar-refractivity contribution in [2.24, 2.45) is 5.92 Å². The number of carbonyl (C=O) groups excluding carboxylic acids is 1. The van der Waals surface area contributed by atoms with Crippen molar-refractivity contribution in [2.75, 3.05) is 26.7 Å². The SMILES string of the molecule is CNCC1CCN(C(=O)c2ccc(I)c(Cl)c2)C1.Cl. The monoisotopic (exact) mass is 414 g/mol. The van der Waals surface area contributed by atoms with Crippen LogP contribution in [0.15, 0.2) is 18.2 Å². The highest BCUT2D eigenvalue weighted by Gasteiger charge is 2.26. The van der Waals surface area contributed by atoms with Gasteiger partial charge in [0.1, 0.15) is 0 Å². The van der Waals surface area contributed by atoms with Crippen LogP contribution in [-0.4, -0.2) is 37.5 Å². The van der Waals surface area contributed by atoms with Crippen LogP contribution in [0.25, 0.3) is 0 Å². The van der Waals surface area contributed by atoms with Crippen molar-refractivity contribution >= 4 is 52.5 Å². The molecule has 0 spiro atoms. The zero-order valence-corrected chi connectivity index (χ0v) is 14.4. The average Bonchev–Trinajstić information content (AvgIpc) is 2.81. The molecule has 0 radical (unpaired) electrons. The van der Waals surface area contributed by atoms with E-state index >= 15 is 0 Å². The smallest absolute Gasteiger partial charge is 0.253 e. The molecule has 1 heterocycles. The van der Waals surface area contributed by atoms with Gasteiger partial charge >= 0.3 is 0 Å². The number of rotatable bonds is 3. The molecule has 19 heavy (non-hydrogen) atoms. The van der Waals surface area contributed by atoms with Gasteiger partial charge in [-0.3, -0.25) is 4.79 Å². The third kappa shape index (κ3) is 4.21. The molecular weight excluding hydrogens is 398 g/mol. The Labute approximate surface area is 138 Å². The Morgan fingerprint density at radius 2 is 2.32 bits per heavy atom. The van der Waals surface area contributed by atoms with E-state index in [1.165, 1.54) is 0 Å². The minimum absolute atomic E-state index is 0. The number of benzene rings is 1. The zero-order chi connectivity index (χ0) is 13.1. The number of amides is 1. The normalized spacial score (nSPS) is 18.3. The van der Waals surface area contributed by atoms with Crippen molar-refractivity contribution in [3.63, 3.8) is 0 Å². The number of carbonyl (C=O) groups is 1. The Balaban J connectivity index is 0.00000180. The van der Waals surface area contributed by atoms with Crippen LogP contribution < -0.4 is 5.32 Å². The van der Waals surface area contributed by atoms with E-state index in [0.29, 0.717) is 16.5 Å². The van der Waals surface area contributed by atoms with E-state index in [4.69, 9.17) is 11.6 Å². The highest BCUT2D eigenvalue weighted by atomic mass is 127. The molecule has 0 saturated carbocycles. The lowest BCUT2D eigenvalue weighted by Gasteiger charge is -2.17. The number of halogens is 3. The molecule has 1 saturated heterocycles. The lowest BCUT2D eigenvalue weighted by atomic mass is 10.1. The second-order valence-electron chi connectivity index (χ2n) is 4.59. The second-order valence-corrected chi connectivity index (χ2v) is 6.16. The quantitative estimate of drug-likeness (QED) is 0.771. The van der Waals surface area contributed by atoms with Gasteiger partial charge in [-0.1, -0.05) is 11.6 Å². The van der Waals surface area contributed by atoms with E-state index < -0.39 is 0 Å². The lowest BCUT2D eigenvalue weighted by molar-refractivity contribution is 0.0787. The summed E-state index contributed by atoms with van der Waals surface area (Å²) >= 11 is 8.22. The van der Waals surface area contributed by atoms with Gasteiger partial charge in [-0.05, 0) is 66.7 Å². The molecule has 0 aromatic heterocycles. The first-order valence-electron chi connectivity index (χ1n) is 6.00. The molecule has 1 aliphatic rings. The Kier molecular flexibility index (Phi) is 6.86. The molecule has 106 valence electrons. The van der Waals surface area contributed by atoms with Gasteiger partial charge < -0.3 is 10.2 Å². The van der Waals surface area contributed by atoms with Crippen molar-refractivity contribution in [3.8, 4) is 0 Å². The van der Waals surface area contributed by atoms with Gasteiger partial charge in [-0.2, -0.15) is 0 Å². The van der Waals surface area contributed by atoms with E-state index in [-0.39, 0.29) is 18.3 Å². The number of nitrogens with one attached hydrogen (secondary N) is 1. The fourth-order valence-corrected chi connectivity index (χ4v) is 2.80. The van der Waals surface area contributed by atoms with Crippen molar-refractivity contribution in [1.82, 2.24) is 10.2 Å². The molecule has 2 rings (SSSR count). The second kappa shape index (κ2) is 7.67. The predicted octanol–water partition coefficient (Wildman–Crippen LogP) is 3.05. The number of likely N-dealkylation sites (tertiary alicyclic amines) is 1. The van der Waals surface area contributed by atoms with Gasteiger partial charge in [-0.25, -0.2) is 0 Å². The highest BCUT2D eigenvalue weighted by Crippen LogP contribution is 2.23. The molecule has 1 atom stereocenters. The maximum absolute atomic E-state index is 12.3. The van der Waals surface area contributed by atoms with Crippen molar-refractivity contribution in [1.29, 1.82) is 0 Å². The molecule has 1 aliphatic heterocycles. The van der Waals surface area contributed by atoms with Gasteiger partial charge in [0, 0.05) is 22.2 Å². The van der Waals surface area contributed by atoms with Gasteiger partial charge in [0.25, 0.3) is 5.91 Å². The summed E-state index contributed by atoms with van der Waals surface area (Å²) in [5, 5.41) is 3.81. The number of nitrogens with zero attached hydrogens (tertiary/aromatic N) is 1. The van der Waals surface area contributed by atoms with Gasteiger partial charge in [0.05, 0.1) is 5.02 Å². The molecule has 6 heteroatoms. The average molecular weight is 415 g/mol. The third-order valence-corrected chi connectivity index (χ3v) is 4.80. The maximum atomic E-state index is 12.3. The minimum Gasteiger partial charge on any atom is -0.338 e. The standard InChI is InChI=1S/C13H16ClIN2O.ClH/c1-16-7-9-4-5-17(8-9)13(18)10-2-3-12(15)11(14)6-10;/h2-3,6,9,16H,4-5,7-8H2,1H3;1H. The van der Waals surface area contributed by atoms with Gasteiger partial charge in [-0.15, -0.1) is 12.4 Å². The Morgan fingerprint density at radius 1 is 1.58 bits per heavy atom. The van der Waals surface area contributed by atoms with Crippen molar-refractivity contribution in [3.05, 3.63) is 32.4 Å². The molecule has 1 amide bonds. The first kappa shape index (κ1) is 17.0. The fourth-order valence-electron chi connectivity index (χ4n) is 2.28. The fraction of sp³-hybridized carbons (Fsp3) is 0.462. The third-order valence-electron chi connectivity index (χ3n) is 3.23. The summed E-state index contributed by atoms with van der Waals surface area (Å²) in [6.45, 7) is 2.65. The van der Waals surface area contributed by atoms with Crippen LogP contribution in [0.5, 0.6) is 0 Å². The minimum atomic E-state index is 0. The summed E-state index contributed by atoms with van der Waals surface area (Å²) in [4.78, 5) is 14.2. The highest BCUT2D eigenvalue weighted by molar-refractivity contribution is 14.1. The van der Waals surface area contributed by atoms with Crippen LogP contribution in [0.1, 0.15) is 16.8 Å².